The number of carbonyl (C=O) groups is 1. The normalized spacial score (nSPS) is 20.8. The number of β-amino-alcohol motifs (C(OH)–C–C–N with tert-alkyl or cyclic N) is 1. The van der Waals surface area contributed by atoms with E-state index in [1.165, 1.54) is 0 Å². The van der Waals surface area contributed by atoms with Gasteiger partial charge in [-0.05, 0) is 31.9 Å². The lowest BCUT2D eigenvalue weighted by Crippen LogP contribution is -2.48. The van der Waals surface area contributed by atoms with Crippen LogP contribution in [0, 0.1) is 6.92 Å². The summed E-state index contributed by atoms with van der Waals surface area (Å²) in [6, 6.07) is 3.18. The molecule has 112 valence electrons. The summed E-state index contributed by atoms with van der Waals surface area (Å²) in [5.41, 5.74) is 0. The summed E-state index contributed by atoms with van der Waals surface area (Å²) >= 11 is 0. The maximum absolute atomic E-state index is 12.2. The van der Waals surface area contributed by atoms with Crippen LogP contribution in [0.4, 0.5) is 4.79 Å². The molecule has 1 aromatic heterocycles. The Kier molecular flexibility index (Phi) is 5.03. The third-order valence-corrected chi connectivity index (χ3v) is 3.42. The molecule has 6 heteroatoms. The number of rotatable bonds is 4. The Morgan fingerprint density at radius 2 is 2.45 bits per heavy atom. The second-order valence-corrected chi connectivity index (χ2v) is 5.15. The van der Waals surface area contributed by atoms with Gasteiger partial charge in [0.2, 0.25) is 0 Å². The van der Waals surface area contributed by atoms with E-state index >= 15 is 0 Å². The Labute approximate surface area is 118 Å². The molecule has 2 amide bonds. The van der Waals surface area contributed by atoms with Crippen LogP contribution >= 0.6 is 0 Å². The van der Waals surface area contributed by atoms with Crippen molar-refractivity contribution in [2.45, 2.75) is 31.9 Å². The van der Waals surface area contributed by atoms with Crippen molar-refractivity contribution in [1.29, 1.82) is 0 Å². The van der Waals surface area contributed by atoms with Crippen molar-refractivity contribution in [3.05, 3.63) is 23.7 Å². The van der Waals surface area contributed by atoms with Gasteiger partial charge in [-0.3, -0.25) is 0 Å². The third-order valence-electron chi connectivity index (χ3n) is 3.42. The van der Waals surface area contributed by atoms with Gasteiger partial charge in [-0.2, -0.15) is 0 Å². The molecule has 1 saturated heterocycles. The Morgan fingerprint density at radius 3 is 3.05 bits per heavy atom. The number of aliphatic hydroxyl groups is 1. The van der Waals surface area contributed by atoms with Gasteiger partial charge in [0.1, 0.15) is 17.6 Å². The maximum Gasteiger partial charge on any atom is 0.318 e. The number of hydrogen-bond acceptors (Lipinski definition) is 4. The first-order chi connectivity index (χ1) is 9.60. The third kappa shape index (κ3) is 3.74. The average molecular weight is 282 g/mol. The highest BCUT2D eigenvalue weighted by molar-refractivity contribution is 5.74. The molecule has 0 radical (unpaired) electrons. The minimum absolute atomic E-state index is 0.195. The van der Waals surface area contributed by atoms with Crippen molar-refractivity contribution < 1.29 is 19.1 Å². The first kappa shape index (κ1) is 14.9. The van der Waals surface area contributed by atoms with Gasteiger partial charge in [0.15, 0.2) is 0 Å². The van der Waals surface area contributed by atoms with Gasteiger partial charge >= 0.3 is 6.03 Å². The summed E-state index contributed by atoms with van der Waals surface area (Å²) in [4.78, 5) is 13.8. The van der Waals surface area contributed by atoms with E-state index in [4.69, 9.17) is 9.15 Å². The van der Waals surface area contributed by atoms with Gasteiger partial charge in [0, 0.05) is 20.2 Å². The number of methoxy groups -OCH3 is 1. The lowest BCUT2D eigenvalue weighted by molar-refractivity contribution is 0.0803. The Morgan fingerprint density at radius 1 is 1.65 bits per heavy atom. The summed E-state index contributed by atoms with van der Waals surface area (Å²) in [5, 5.41) is 12.5. The fourth-order valence-corrected chi connectivity index (χ4v) is 2.38. The zero-order valence-electron chi connectivity index (χ0n) is 12.0. The van der Waals surface area contributed by atoms with Crippen LogP contribution in [0.15, 0.2) is 16.5 Å². The van der Waals surface area contributed by atoms with Crippen molar-refractivity contribution in [3.63, 3.8) is 0 Å². The Balaban J connectivity index is 1.98. The van der Waals surface area contributed by atoms with E-state index < -0.39 is 6.10 Å². The largest absolute Gasteiger partial charge is 0.464 e. The molecule has 2 N–H and O–H groups in total. The molecule has 1 fully saturated rings. The quantitative estimate of drug-likeness (QED) is 0.876. The SMILES string of the molecule is COCC(NC(=O)N1CCCC(O)C1)c1ccc(C)o1. The first-order valence-electron chi connectivity index (χ1n) is 6.89. The van der Waals surface area contributed by atoms with Crippen molar-refractivity contribution >= 4 is 6.03 Å². The van der Waals surface area contributed by atoms with Crippen molar-refractivity contribution in [2.24, 2.45) is 0 Å². The van der Waals surface area contributed by atoms with Crippen LogP contribution in [0.3, 0.4) is 0 Å². The topological polar surface area (TPSA) is 74.9 Å². The number of piperidine rings is 1. The molecule has 2 heterocycles. The van der Waals surface area contributed by atoms with Gasteiger partial charge < -0.3 is 24.5 Å². The highest BCUT2D eigenvalue weighted by atomic mass is 16.5. The van der Waals surface area contributed by atoms with Crippen LogP contribution in [0.25, 0.3) is 0 Å². The van der Waals surface area contributed by atoms with Crippen molar-refractivity contribution in [3.8, 4) is 0 Å². The molecule has 6 nitrogen and oxygen atoms in total. The molecule has 0 aromatic carbocycles. The number of nitrogens with zero attached hydrogens (tertiary/aromatic N) is 1. The molecule has 0 spiro atoms. The summed E-state index contributed by atoms with van der Waals surface area (Å²) in [5.74, 6) is 1.47. The Hall–Kier alpha value is -1.53. The number of aryl methyl sites for hydroxylation is 1. The van der Waals surface area contributed by atoms with Gasteiger partial charge in [-0.15, -0.1) is 0 Å². The van der Waals surface area contributed by atoms with E-state index in [2.05, 4.69) is 5.32 Å². The number of hydrogen-bond donors (Lipinski definition) is 2. The second kappa shape index (κ2) is 6.76. The van der Waals surface area contributed by atoms with Crippen LogP contribution in [-0.4, -0.2) is 48.9 Å². The highest BCUT2D eigenvalue weighted by Gasteiger charge is 2.25. The van der Waals surface area contributed by atoms with Crippen molar-refractivity contribution in [2.75, 3.05) is 26.8 Å². The molecule has 1 aliphatic rings. The lowest BCUT2D eigenvalue weighted by Gasteiger charge is -2.31. The average Bonchev–Trinajstić information content (AvgIpc) is 2.85. The predicted octanol–water partition coefficient (Wildman–Crippen LogP) is 1.44. The summed E-state index contributed by atoms with van der Waals surface area (Å²) in [6.45, 7) is 3.24. The molecule has 2 rings (SSSR count). The number of carbonyl (C=O) groups excluding carboxylic acids is 1. The lowest BCUT2D eigenvalue weighted by atomic mass is 10.1. The molecule has 2 atom stereocenters. The van der Waals surface area contributed by atoms with Crippen LogP contribution in [-0.2, 0) is 4.74 Å². The number of likely N-dealkylation sites (tertiary alicyclic amines) is 1. The zero-order chi connectivity index (χ0) is 14.5. The van der Waals surface area contributed by atoms with Gasteiger partial charge in [0.05, 0.1) is 12.7 Å². The minimum Gasteiger partial charge on any atom is -0.464 e. The highest BCUT2D eigenvalue weighted by Crippen LogP contribution is 2.18. The molecule has 0 saturated carbocycles. The number of aliphatic hydroxyl groups excluding tert-OH is 1. The Bertz CT molecular complexity index is 446. The van der Waals surface area contributed by atoms with Crippen LogP contribution < -0.4 is 5.32 Å². The molecular weight excluding hydrogens is 260 g/mol. The fourth-order valence-electron chi connectivity index (χ4n) is 2.38. The van der Waals surface area contributed by atoms with E-state index in [1.54, 1.807) is 12.0 Å². The molecule has 20 heavy (non-hydrogen) atoms. The number of urea groups is 1. The molecule has 1 aromatic rings. The van der Waals surface area contributed by atoms with Gasteiger partial charge in [0.25, 0.3) is 0 Å². The smallest absolute Gasteiger partial charge is 0.318 e. The molecule has 0 bridgehead atoms. The van der Waals surface area contributed by atoms with Gasteiger partial charge in [-0.1, -0.05) is 0 Å². The molecular formula is C14H22N2O4. The van der Waals surface area contributed by atoms with Crippen LogP contribution in [0.2, 0.25) is 0 Å². The van der Waals surface area contributed by atoms with Crippen molar-refractivity contribution in [1.82, 2.24) is 10.2 Å². The predicted molar refractivity (Wildman–Crippen MR) is 73.4 cm³/mol. The first-order valence-corrected chi connectivity index (χ1v) is 6.89. The van der Waals surface area contributed by atoms with E-state index in [0.29, 0.717) is 25.5 Å². The molecule has 0 aliphatic carbocycles. The minimum atomic E-state index is -0.429. The number of amides is 2. The standard InChI is InChI=1S/C14H22N2O4/c1-10-5-6-13(20-10)12(9-19-2)15-14(18)16-7-3-4-11(17)8-16/h5-6,11-12,17H,3-4,7-9H2,1-2H3,(H,15,18). The molecule has 2 unspecified atom stereocenters. The van der Waals surface area contributed by atoms with E-state index in [0.717, 1.165) is 18.6 Å². The summed E-state index contributed by atoms with van der Waals surface area (Å²) < 4.78 is 10.7. The second-order valence-electron chi connectivity index (χ2n) is 5.15. The van der Waals surface area contributed by atoms with E-state index in [-0.39, 0.29) is 12.1 Å². The number of nitrogens with one attached hydrogen (secondary N) is 1. The molecule has 1 aliphatic heterocycles. The number of furan rings is 1. The zero-order valence-corrected chi connectivity index (χ0v) is 12.0. The van der Waals surface area contributed by atoms with E-state index in [9.17, 15) is 9.90 Å². The summed E-state index contributed by atoms with van der Waals surface area (Å²) in [7, 11) is 1.58. The monoisotopic (exact) mass is 282 g/mol. The summed E-state index contributed by atoms with van der Waals surface area (Å²) in [6.07, 6.45) is 1.15. The maximum atomic E-state index is 12.2. The van der Waals surface area contributed by atoms with Gasteiger partial charge in [-0.25, -0.2) is 4.79 Å². The fraction of sp³-hybridized carbons (Fsp3) is 0.643. The number of ether oxygens (including phenoxy) is 1. The van der Waals surface area contributed by atoms with Crippen LogP contribution in [0.5, 0.6) is 0 Å². The van der Waals surface area contributed by atoms with Crippen LogP contribution in [0.1, 0.15) is 30.4 Å². The van der Waals surface area contributed by atoms with E-state index in [1.807, 2.05) is 19.1 Å².